The van der Waals surface area contributed by atoms with Gasteiger partial charge in [-0.2, -0.15) is 5.10 Å². The van der Waals surface area contributed by atoms with Crippen molar-refractivity contribution < 1.29 is 18.7 Å². The van der Waals surface area contributed by atoms with Crippen molar-refractivity contribution in [3.05, 3.63) is 64.6 Å². The largest absolute Gasteiger partial charge is 0.493 e. The standard InChI is InChI=1S/C19H16ClFN2O3/c1-25-17-7-6-12(8-18(17)26-2)19-13(11-24)9-23(22-19)10-14-15(20)4-3-5-16(14)21/h3-9,11H,10H2,1-2H3. The Morgan fingerprint density at radius 2 is 1.96 bits per heavy atom. The fourth-order valence-corrected chi connectivity index (χ4v) is 2.88. The molecule has 0 spiro atoms. The van der Waals surface area contributed by atoms with Gasteiger partial charge in [0.15, 0.2) is 17.8 Å². The Bertz CT molecular complexity index is 936. The number of aldehydes is 1. The lowest BCUT2D eigenvalue weighted by Crippen LogP contribution is -2.03. The zero-order valence-electron chi connectivity index (χ0n) is 14.2. The maximum atomic E-state index is 14.0. The lowest BCUT2D eigenvalue weighted by molar-refractivity contribution is 0.112. The van der Waals surface area contributed by atoms with Gasteiger partial charge in [-0.25, -0.2) is 4.39 Å². The molecule has 7 heteroatoms. The van der Waals surface area contributed by atoms with E-state index >= 15 is 0 Å². The zero-order chi connectivity index (χ0) is 18.7. The van der Waals surface area contributed by atoms with Crippen molar-refractivity contribution in [1.82, 2.24) is 9.78 Å². The quantitative estimate of drug-likeness (QED) is 0.606. The third-order valence-corrected chi connectivity index (χ3v) is 4.31. The molecule has 0 aliphatic heterocycles. The van der Waals surface area contributed by atoms with Crippen LogP contribution in [0.25, 0.3) is 11.3 Å². The molecule has 0 saturated carbocycles. The number of ether oxygens (including phenoxy) is 2. The van der Waals surface area contributed by atoms with Gasteiger partial charge in [-0.1, -0.05) is 17.7 Å². The number of nitrogens with zero attached hydrogens (tertiary/aromatic N) is 2. The van der Waals surface area contributed by atoms with E-state index in [-0.39, 0.29) is 6.54 Å². The van der Waals surface area contributed by atoms with Crippen molar-refractivity contribution >= 4 is 17.9 Å². The number of methoxy groups -OCH3 is 2. The van der Waals surface area contributed by atoms with Crippen molar-refractivity contribution in [3.8, 4) is 22.8 Å². The highest BCUT2D eigenvalue weighted by Crippen LogP contribution is 2.33. The summed E-state index contributed by atoms with van der Waals surface area (Å²) in [4.78, 5) is 11.5. The van der Waals surface area contributed by atoms with E-state index < -0.39 is 5.82 Å². The van der Waals surface area contributed by atoms with E-state index in [0.29, 0.717) is 45.2 Å². The van der Waals surface area contributed by atoms with Crippen molar-refractivity contribution in [2.24, 2.45) is 0 Å². The number of halogens is 2. The molecule has 0 N–H and O–H groups in total. The second-order valence-electron chi connectivity index (χ2n) is 5.52. The zero-order valence-corrected chi connectivity index (χ0v) is 15.0. The second-order valence-corrected chi connectivity index (χ2v) is 5.93. The SMILES string of the molecule is COc1ccc(-c2nn(Cc3c(F)cccc3Cl)cc2C=O)cc1OC. The number of benzene rings is 2. The van der Waals surface area contributed by atoms with Crippen LogP contribution in [0.2, 0.25) is 5.02 Å². The van der Waals surface area contributed by atoms with Gasteiger partial charge < -0.3 is 9.47 Å². The molecule has 0 atom stereocenters. The number of carbonyl (C=O) groups excluding carboxylic acids is 1. The van der Waals surface area contributed by atoms with Crippen molar-refractivity contribution in [3.63, 3.8) is 0 Å². The van der Waals surface area contributed by atoms with Gasteiger partial charge in [0, 0.05) is 22.3 Å². The summed E-state index contributed by atoms with van der Waals surface area (Å²) in [6.45, 7) is 0.111. The minimum absolute atomic E-state index is 0.111. The first kappa shape index (κ1) is 17.9. The van der Waals surface area contributed by atoms with Gasteiger partial charge in [0.2, 0.25) is 0 Å². The molecular formula is C19H16ClFN2O3. The van der Waals surface area contributed by atoms with Gasteiger partial charge in [-0.05, 0) is 30.3 Å². The monoisotopic (exact) mass is 374 g/mol. The summed E-state index contributed by atoms with van der Waals surface area (Å²) < 4.78 is 26.0. The summed E-state index contributed by atoms with van der Waals surface area (Å²) >= 11 is 6.07. The summed E-state index contributed by atoms with van der Waals surface area (Å²) in [7, 11) is 3.07. The van der Waals surface area contributed by atoms with Gasteiger partial charge in [0.25, 0.3) is 0 Å². The molecule has 0 amide bonds. The molecule has 0 aliphatic carbocycles. The number of aromatic nitrogens is 2. The Morgan fingerprint density at radius 3 is 2.62 bits per heavy atom. The second kappa shape index (κ2) is 7.58. The third kappa shape index (κ3) is 3.41. The smallest absolute Gasteiger partial charge is 0.161 e. The Kier molecular flexibility index (Phi) is 5.23. The fourth-order valence-electron chi connectivity index (χ4n) is 2.66. The molecule has 0 saturated heterocycles. The van der Waals surface area contributed by atoms with Crippen molar-refractivity contribution in [2.75, 3.05) is 14.2 Å². The molecule has 3 aromatic rings. The molecule has 5 nitrogen and oxygen atoms in total. The van der Waals surface area contributed by atoms with Crippen LogP contribution in [0.4, 0.5) is 4.39 Å². The number of hydrogen-bond donors (Lipinski definition) is 0. The highest BCUT2D eigenvalue weighted by Gasteiger charge is 2.15. The maximum Gasteiger partial charge on any atom is 0.161 e. The Balaban J connectivity index is 2.01. The van der Waals surface area contributed by atoms with Crippen molar-refractivity contribution in [1.29, 1.82) is 0 Å². The predicted octanol–water partition coefficient (Wildman–Crippen LogP) is 4.22. The van der Waals surface area contributed by atoms with Crippen LogP contribution in [-0.2, 0) is 6.54 Å². The molecule has 0 radical (unpaired) electrons. The average molecular weight is 375 g/mol. The van der Waals surface area contributed by atoms with Crippen LogP contribution < -0.4 is 9.47 Å². The van der Waals surface area contributed by atoms with E-state index in [4.69, 9.17) is 21.1 Å². The van der Waals surface area contributed by atoms with Gasteiger partial charge >= 0.3 is 0 Å². The van der Waals surface area contributed by atoms with Crippen LogP contribution in [0.1, 0.15) is 15.9 Å². The summed E-state index contributed by atoms with van der Waals surface area (Å²) in [5.41, 5.74) is 1.84. The van der Waals surface area contributed by atoms with Crippen LogP contribution >= 0.6 is 11.6 Å². The van der Waals surface area contributed by atoms with E-state index in [1.54, 1.807) is 37.6 Å². The lowest BCUT2D eigenvalue weighted by atomic mass is 10.1. The van der Waals surface area contributed by atoms with Crippen LogP contribution in [0.5, 0.6) is 11.5 Å². The molecule has 0 fully saturated rings. The number of carbonyl (C=O) groups is 1. The molecule has 26 heavy (non-hydrogen) atoms. The first-order valence-electron chi connectivity index (χ1n) is 7.75. The van der Waals surface area contributed by atoms with E-state index in [1.807, 2.05) is 0 Å². The third-order valence-electron chi connectivity index (χ3n) is 3.96. The minimum Gasteiger partial charge on any atom is -0.493 e. The van der Waals surface area contributed by atoms with Crippen LogP contribution in [-0.4, -0.2) is 30.3 Å². The van der Waals surface area contributed by atoms with Gasteiger partial charge in [-0.15, -0.1) is 0 Å². The average Bonchev–Trinajstić information content (AvgIpc) is 3.07. The Hall–Kier alpha value is -2.86. The minimum atomic E-state index is -0.423. The van der Waals surface area contributed by atoms with Gasteiger partial charge in [0.1, 0.15) is 11.5 Å². The highest BCUT2D eigenvalue weighted by atomic mass is 35.5. The van der Waals surface area contributed by atoms with Crippen LogP contribution in [0, 0.1) is 5.82 Å². The summed E-state index contributed by atoms with van der Waals surface area (Å²) in [5.74, 6) is 0.670. The van der Waals surface area contributed by atoms with Crippen LogP contribution in [0.3, 0.4) is 0 Å². The van der Waals surface area contributed by atoms with Crippen LogP contribution in [0.15, 0.2) is 42.6 Å². The highest BCUT2D eigenvalue weighted by molar-refractivity contribution is 6.31. The first-order valence-corrected chi connectivity index (χ1v) is 8.13. The summed E-state index contributed by atoms with van der Waals surface area (Å²) in [6, 6.07) is 9.72. The normalized spacial score (nSPS) is 10.6. The molecule has 0 aliphatic rings. The molecule has 0 unspecified atom stereocenters. The lowest BCUT2D eigenvalue weighted by Gasteiger charge is -2.09. The Labute approximate surface area is 154 Å². The van der Waals surface area contributed by atoms with Gasteiger partial charge in [0.05, 0.1) is 26.3 Å². The molecular weight excluding hydrogens is 359 g/mol. The first-order chi connectivity index (χ1) is 12.6. The predicted molar refractivity (Wildman–Crippen MR) is 96.7 cm³/mol. The van der Waals surface area contributed by atoms with E-state index in [0.717, 1.165) is 0 Å². The number of hydrogen-bond acceptors (Lipinski definition) is 4. The van der Waals surface area contributed by atoms with Crippen molar-refractivity contribution in [2.45, 2.75) is 6.54 Å². The van der Waals surface area contributed by atoms with E-state index in [2.05, 4.69) is 5.10 Å². The topological polar surface area (TPSA) is 53.4 Å². The molecule has 2 aromatic carbocycles. The van der Waals surface area contributed by atoms with E-state index in [9.17, 15) is 9.18 Å². The molecule has 1 heterocycles. The fraction of sp³-hybridized carbons (Fsp3) is 0.158. The molecule has 1 aromatic heterocycles. The van der Waals surface area contributed by atoms with Gasteiger partial charge in [-0.3, -0.25) is 9.48 Å². The molecule has 0 bridgehead atoms. The number of rotatable bonds is 6. The maximum absolute atomic E-state index is 14.0. The summed E-state index contributed by atoms with van der Waals surface area (Å²) in [6.07, 6.45) is 2.26. The van der Waals surface area contributed by atoms with E-state index in [1.165, 1.54) is 23.9 Å². The molecule has 3 rings (SSSR count). The molecule has 134 valence electrons. The Morgan fingerprint density at radius 1 is 1.19 bits per heavy atom. The summed E-state index contributed by atoms with van der Waals surface area (Å²) in [5, 5.41) is 4.73.